The van der Waals surface area contributed by atoms with Crippen molar-refractivity contribution in [3.63, 3.8) is 0 Å². The third-order valence-corrected chi connectivity index (χ3v) is 5.06. The van der Waals surface area contributed by atoms with Crippen LogP contribution in [0.4, 0.5) is 11.6 Å². The summed E-state index contributed by atoms with van der Waals surface area (Å²) < 4.78 is 13.6. The van der Waals surface area contributed by atoms with Crippen LogP contribution in [-0.2, 0) is 23.0 Å². The molecular formula is C22H19BrN4O3. The molecule has 152 valence electrons. The van der Waals surface area contributed by atoms with Crippen molar-refractivity contribution < 1.29 is 14.3 Å². The fourth-order valence-corrected chi connectivity index (χ4v) is 3.25. The molecule has 0 bridgehead atoms. The number of nitrogens with one attached hydrogen (secondary N) is 1. The van der Waals surface area contributed by atoms with E-state index < -0.39 is 0 Å². The van der Waals surface area contributed by atoms with Crippen molar-refractivity contribution in [3.05, 3.63) is 71.0 Å². The van der Waals surface area contributed by atoms with E-state index in [0.717, 1.165) is 27.1 Å². The van der Waals surface area contributed by atoms with Crippen LogP contribution in [0.15, 0.2) is 65.3 Å². The molecule has 0 unspecified atom stereocenters. The number of hydrogen-bond donors (Lipinski definition) is 1. The van der Waals surface area contributed by atoms with Crippen LogP contribution in [0, 0.1) is 0 Å². The SMILES string of the molecule is COC(=O)Cc1cc(Oc2ccc3c(c2)nc(Nc2ccc(Br)cc2)n3C)ccn1. The maximum absolute atomic E-state index is 11.5. The van der Waals surface area contributed by atoms with Gasteiger partial charge in [-0.3, -0.25) is 9.78 Å². The Bertz CT molecular complexity index is 1200. The number of aromatic nitrogens is 3. The zero-order chi connectivity index (χ0) is 21.1. The number of ether oxygens (including phenoxy) is 2. The van der Waals surface area contributed by atoms with Crippen molar-refractivity contribution in [2.24, 2.45) is 7.05 Å². The molecule has 1 N–H and O–H groups in total. The molecule has 8 heteroatoms. The van der Waals surface area contributed by atoms with Gasteiger partial charge in [0.05, 0.1) is 30.3 Å². The van der Waals surface area contributed by atoms with Crippen LogP contribution in [0.1, 0.15) is 5.69 Å². The second-order valence-electron chi connectivity index (χ2n) is 6.61. The molecule has 0 saturated carbocycles. The van der Waals surface area contributed by atoms with Gasteiger partial charge in [-0.1, -0.05) is 15.9 Å². The lowest BCUT2D eigenvalue weighted by molar-refractivity contribution is -0.139. The minimum atomic E-state index is -0.347. The monoisotopic (exact) mass is 466 g/mol. The highest BCUT2D eigenvalue weighted by Gasteiger charge is 2.11. The molecule has 30 heavy (non-hydrogen) atoms. The Kier molecular flexibility index (Phi) is 5.67. The zero-order valence-electron chi connectivity index (χ0n) is 16.4. The van der Waals surface area contributed by atoms with Gasteiger partial charge in [-0.15, -0.1) is 0 Å². The van der Waals surface area contributed by atoms with Crippen molar-refractivity contribution in [2.75, 3.05) is 12.4 Å². The minimum Gasteiger partial charge on any atom is -0.469 e. The molecule has 0 aliphatic heterocycles. The maximum Gasteiger partial charge on any atom is 0.311 e. The summed E-state index contributed by atoms with van der Waals surface area (Å²) in [5, 5.41) is 3.33. The van der Waals surface area contributed by atoms with E-state index in [4.69, 9.17) is 4.74 Å². The standard InChI is InChI=1S/C22H19BrN4O3/c1-27-20-8-7-17(30-18-9-10-24-16(11-18)12-21(28)29-2)13-19(20)26-22(27)25-15-5-3-14(23)4-6-15/h3-11,13H,12H2,1-2H3,(H,25,26). The van der Waals surface area contributed by atoms with Crippen LogP contribution >= 0.6 is 15.9 Å². The number of imidazole rings is 1. The van der Waals surface area contributed by atoms with E-state index in [1.165, 1.54) is 7.11 Å². The average Bonchev–Trinajstić information content (AvgIpc) is 3.04. The van der Waals surface area contributed by atoms with Gasteiger partial charge in [0.1, 0.15) is 11.5 Å². The number of anilines is 2. The highest BCUT2D eigenvalue weighted by atomic mass is 79.9. The van der Waals surface area contributed by atoms with Crippen LogP contribution in [-0.4, -0.2) is 27.6 Å². The van der Waals surface area contributed by atoms with Gasteiger partial charge in [0.25, 0.3) is 0 Å². The Hall–Kier alpha value is -3.39. The van der Waals surface area contributed by atoms with Crippen LogP contribution in [0.25, 0.3) is 11.0 Å². The van der Waals surface area contributed by atoms with Crippen molar-refractivity contribution in [1.82, 2.24) is 14.5 Å². The van der Waals surface area contributed by atoms with Gasteiger partial charge in [0.2, 0.25) is 5.95 Å². The van der Waals surface area contributed by atoms with E-state index in [2.05, 4.69) is 36.0 Å². The second kappa shape index (κ2) is 8.54. The number of rotatable bonds is 6. The van der Waals surface area contributed by atoms with Gasteiger partial charge in [-0.05, 0) is 42.5 Å². The molecule has 4 aromatic rings. The number of aryl methyl sites for hydroxylation is 1. The fraction of sp³-hybridized carbons (Fsp3) is 0.136. The second-order valence-corrected chi connectivity index (χ2v) is 7.53. The Morgan fingerprint density at radius 3 is 2.63 bits per heavy atom. The smallest absolute Gasteiger partial charge is 0.311 e. The molecule has 4 rings (SSSR count). The molecule has 0 aliphatic carbocycles. The van der Waals surface area contributed by atoms with Gasteiger partial charge in [0, 0.05) is 35.5 Å². The van der Waals surface area contributed by atoms with Crippen molar-refractivity contribution >= 4 is 44.6 Å². The van der Waals surface area contributed by atoms with Crippen molar-refractivity contribution in [1.29, 1.82) is 0 Å². The normalized spacial score (nSPS) is 10.8. The third kappa shape index (κ3) is 4.44. The summed E-state index contributed by atoms with van der Waals surface area (Å²) in [4.78, 5) is 20.3. The topological polar surface area (TPSA) is 78.3 Å². The summed E-state index contributed by atoms with van der Waals surface area (Å²) in [5.41, 5.74) is 3.31. The van der Waals surface area contributed by atoms with Gasteiger partial charge in [-0.25, -0.2) is 4.98 Å². The van der Waals surface area contributed by atoms with Gasteiger partial charge >= 0.3 is 5.97 Å². The first-order chi connectivity index (χ1) is 14.5. The fourth-order valence-electron chi connectivity index (χ4n) is 2.99. The summed E-state index contributed by atoms with van der Waals surface area (Å²) >= 11 is 3.44. The lowest BCUT2D eigenvalue weighted by atomic mass is 10.2. The number of hydrogen-bond acceptors (Lipinski definition) is 6. The summed E-state index contributed by atoms with van der Waals surface area (Å²) in [6.07, 6.45) is 1.70. The van der Waals surface area contributed by atoms with Crippen LogP contribution in [0.2, 0.25) is 0 Å². The van der Waals surface area contributed by atoms with Crippen molar-refractivity contribution in [3.8, 4) is 11.5 Å². The quantitative estimate of drug-likeness (QED) is 0.403. The number of esters is 1. The van der Waals surface area contributed by atoms with Gasteiger partial charge in [0.15, 0.2) is 0 Å². The lowest BCUT2D eigenvalue weighted by Gasteiger charge is -2.07. The van der Waals surface area contributed by atoms with E-state index in [-0.39, 0.29) is 12.4 Å². The number of carbonyl (C=O) groups is 1. The molecule has 2 aromatic carbocycles. The number of benzene rings is 2. The van der Waals surface area contributed by atoms with E-state index in [9.17, 15) is 4.79 Å². The van der Waals surface area contributed by atoms with E-state index in [1.807, 2.05) is 54.1 Å². The molecule has 0 atom stereocenters. The number of methoxy groups -OCH3 is 1. The Morgan fingerprint density at radius 2 is 1.87 bits per heavy atom. The zero-order valence-corrected chi connectivity index (χ0v) is 18.0. The average molecular weight is 467 g/mol. The highest BCUT2D eigenvalue weighted by molar-refractivity contribution is 9.10. The van der Waals surface area contributed by atoms with Gasteiger partial charge in [-0.2, -0.15) is 0 Å². The first-order valence-electron chi connectivity index (χ1n) is 9.20. The molecule has 0 saturated heterocycles. The third-order valence-electron chi connectivity index (χ3n) is 4.53. The molecule has 0 amide bonds. The summed E-state index contributed by atoms with van der Waals surface area (Å²) in [5.74, 6) is 1.62. The Morgan fingerprint density at radius 1 is 1.10 bits per heavy atom. The number of pyridine rings is 1. The predicted octanol–water partition coefficient (Wildman–Crippen LogP) is 4.98. The molecule has 7 nitrogen and oxygen atoms in total. The van der Waals surface area contributed by atoms with E-state index >= 15 is 0 Å². The lowest BCUT2D eigenvalue weighted by Crippen LogP contribution is -2.05. The molecule has 2 aromatic heterocycles. The summed E-state index contributed by atoms with van der Waals surface area (Å²) in [7, 11) is 3.31. The van der Waals surface area contributed by atoms with Crippen LogP contribution < -0.4 is 10.1 Å². The van der Waals surface area contributed by atoms with Crippen LogP contribution in [0.5, 0.6) is 11.5 Å². The maximum atomic E-state index is 11.5. The minimum absolute atomic E-state index is 0.0953. The number of nitrogens with zero attached hydrogens (tertiary/aromatic N) is 3. The molecule has 0 radical (unpaired) electrons. The number of fused-ring (bicyclic) bond motifs is 1. The molecule has 0 spiro atoms. The summed E-state index contributed by atoms with van der Waals surface area (Å²) in [6, 6.07) is 17.1. The predicted molar refractivity (Wildman–Crippen MR) is 118 cm³/mol. The Labute approximate surface area is 181 Å². The summed E-state index contributed by atoms with van der Waals surface area (Å²) in [6.45, 7) is 0. The van der Waals surface area contributed by atoms with Crippen molar-refractivity contribution in [2.45, 2.75) is 6.42 Å². The van der Waals surface area contributed by atoms with E-state index in [0.29, 0.717) is 17.2 Å². The van der Waals surface area contributed by atoms with Gasteiger partial charge < -0.3 is 19.4 Å². The highest BCUT2D eigenvalue weighted by Crippen LogP contribution is 2.28. The molecule has 0 aliphatic rings. The first-order valence-corrected chi connectivity index (χ1v) is 10.00. The number of carbonyl (C=O) groups excluding carboxylic acids is 1. The Balaban J connectivity index is 1.56. The largest absolute Gasteiger partial charge is 0.469 e. The first kappa shape index (κ1) is 19.9. The molecule has 2 heterocycles. The van der Waals surface area contributed by atoms with Crippen LogP contribution in [0.3, 0.4) is 0 Å². The van der Waals surface area contributed by atoms with E-state index in [1.54, 1.807) is 18.3 Å². The number of halogens is 1. The molecule has 0 fully saturated rings. The molecular weight excluding hydrogens is 448 g/mol.